The van der Waals surface area contributed by atoms with Crippen LogP contribution in [0.25, 0.3) is 10.9 Å². The summed E-state index contributed by atoms with van der Waals surface area (Å²) in [6, 6.07) is 8.84. The lowest BCUT2D eigenvalue weighted by molar-refractivity contribution is 1.31. The Morgan fingerprint density at radius 1 is 1.21 bits per heavy atom. The largest absolute Gasteiger partial charge is 0.398 e. The molecule has 2 aromatic rings. The molecule has 0 aliphatic heterocycles. The van der Waals surface area contributed by atoms with Gasteiger partial charge in [0.2, 0.25) is 5.56 Å². The predicted octanol–water partition coefficient (Wildman–Crippen LogP) is 0.685. The summed E-state index contributed by atoms with van der Waals surface area (Å²) in [5.74, 6) is 0. The minimum Gasteiger partial charge on any atom is -0.398 e. The van der Waals surface area contributed by atoms with Gasteiger partial charge in [0.15, 0.2) is 0 Å². The van der Waals surface area contributed by atoms with Crippen LogP contribution in [0.2, 0.25) is 0 Å². The van der Waals surface area contributed by atoms with Crippen LogP contribution in [0.5, 0.6) is 0 Å². The van der Waals surface area contributed by atoms with Gasteiger partial charge in [0, 0.05) is 17.1 Å². The van der Waals surface area contributed by atoms with Crippen molar-refractivity contribution in [3.63, 3.8) is 0 Å². The molecule has 4 nitrogen and oxygen atoms in total. The third kappa shape index (κ3) is 1.92. The highest BCUT2D eigenvalue weighted by Crippen LogP contribution is 2.15. The Labute approximate surface area is 81.5 Å². The van der Waals surface area contributed by atoms with Gasteiger partial charge in [-0.05, 0) is 13.1 Å². The highest BCUT2D eigenvalue weighted by Gasteiger charge is 1.96. The molecule has 2 rings (SSSR count). The first-order valence-corrected chi connectivity index (χ1v) is 4.22. The van der Waals surface area contributed by atoms with E-state index in [0.29, 0.717) is 5.69 Å². The molecule has 0 spiro atoms. The van der Waals surface area contributed by atoms with E-state index in [1.54, 1.807) is 0 Å². The van der Waals surface area contributed by atoms with Gasteiger partial charge in [-0.15, -0.1) is 0 Å². The number of hydrogen-bond donors (Lipinski definition) is 3. The van der Waals surface area contributed by atoms with Gasteiger partial charge in [0.1, 0.15) is 0 Å². The minimum atomic E-state index is -0.161. The van der Waals surface area contributed by atoms with E-state index in [1.807, 2.05) is 24.3 Å². The molecule has 1 heterocycles. The van der Waals surface area contributed by atoms with Gasteiger partial charge in [0.05, 0.1) is 5.52 Å². The van der Waals surface area contributed by atoms with Crippen molar-refractivity contribution in [2.45, 2.75) is 0 Å². The van der Waals surface area contributed by atoms with E-state index in [9.17, 15) is 4.79 Å². The van der Waals surface area contributed by atoms with Crippen LogP contribution >= 0.6 is 0 Å². The first-order valence-electron chi connectivity index (χ1n) is 4.22. The fraction of sp³-hybridized carbons (Fsp3) is 0.100. The maximum Gasteiger partial charge on any atom is 0.250 e. The second-order valence-corrected chi connectivity index (χ2v) is 2.63. The molecule has 0 unspecified atom stereocenters. The van der Waals surface area contributed by atoms with Crippen LogP contribution < -0.4 is 17.0 Å². The summed E-state index contributed by atoms with van der Waals surface area (Å²) in [7, 11) is 1.50. The van der Waals surface area contributed by atoms with Gasteiger partial charge in [-0.2, -0.15) is 0 Å². The average molecular weight is 191 g/mol. The molecular formula is C10H13N3O. The van der Waals surface area contributed by atoms with Crippen molar-refractivity contribution in [2.24, 2.45) is 5.73 Å². The number of aromatic amines is 1. The highest BCUT2D eigenvalue weighted by molar-refractivity contribution is 5.89. The topological polar surface area (TPSA) is 84.9 Å². The lowest BCUT2D eigenvalue weighted by atomic mass is 10.2. The molecule has 1 aromatic carbocycles. The van der Waals surface area contributed by atoms with Gasteiger partial charge < -0.3 is 16.5 Å². The van der Waals surface area contributed by atoms with Gasteiger partial charge in [-0.25, -0.2) is 0 Å². The molecule has 1 aromatic heterocycles. The number of benzene rings is 1. The molecule has 0 radical (unpaired) electrons. The zero-order chi connectivity index (χ0) is 10.6. The SMILES string of the molecule is CN.Nc1cc(=O)[nH]c2ccccc12. The van der Waals surface area contributed by atoms with Crippen LogP contribution in [-0.4, -0.2) is 12.0 Å². The molecule has 0 saturated heterocycles. The van der Waals surface area contributed by atoms with Gasteiger partial charge in [-0.1, -0.05) is 18.2 Å². The van der Waals surface area contributed by atoms with Crippen LogP contribution in [0.15, 0.2) is 35.1 Å². The van der Waals surface area contributed by atoms with Crippen molar-refractivity contribution in [1.82, 2.24) is 4.98 Å². The summed E-state index contributed by atoms with van der Waals surface area (Å²) in [6.07, 6.45) is 0. The number of pyridine rings is 1. The molecular weight excluding hydrogens is 178 g/mol. The quantitative estimate of drug-likeness (QED) is 0.572. The van der Waals surface area contributed by atoms with Crippen molar-refractivity contribution in [3.05, 3.63) is 40.7 Å². The smallest absolute Gasteiger partial charge is 0.250 e. The van der Waals surface area contributed by atoms with Crippen LogP contribution in [0.3, 0.4) is 0 Å². The average Bonchev–Trinajstić information content (AvgIpc) is 2.20. The Balaban J connectivity index is 0.000000461. The maximum atomic E-state index is 11.0. The number of fused-ring (bicyclic) bond motifs is 1. The van der Waals surface area contributed by atoms with Crippen LogP contribution in [0.4, 0.5) is 5.69 Å². The third-order valence-corrected chi connectivity index (χ3v) is 1.78. The second-order valence-electron chi connectivity index (χ2n) is 2.63. The van der Waals surface area contributed by atoms with Gasteiger partial charge >= 0.3 is 0 Å². The van der Waals surface area contributed by atoms with E-state index in [-0.39, 0.29) is 5.56 Å². The standard InChI is InChI=1S/C9H8N2O.CH5N/c10-7-5-9(12)11-8-4-2-1-3-6(7)8;1-2/h1-5H,(H3,10,11,12);2H2,1H3. The molecule has 0 saturated carbocycles. The van der Waals surface area contributed by atoms with Gasteiger partial charge in [-0.3, -0.25) is 4.79 Å². The molecule has 0 amide bonds. The molecule has 0 bridgehead atoms. The molecule has 0 aliphatic rings. The van der Waals surface area contributed by atoms with Crippen molar-refractivity contribution in [2.75, 3.05) is 12.8 Å². The van der Waals surface area contributed by atoms with Crippen molar-refractivity contribution in [1.29, 1.82) is 0 Å². The van der Waals surface area contributed by atoms with Crippen LogP contribution in [0.1, 0.15) is 0 Å². The number of nitrogens with two attached hydrogens (primary N) is 2. The summed E-state index contributed by atoms with van der Waals surface area (Å²) in [5, 5.41) is 0.886. The zero-order valence-electron chi connectivity index (χ0n) is 7.95. The minimum absolute atomic E-state index is 0.161. The number of anilines is 1. The normalized spacial score (nSPS) is 9.29. The molecule has 5 N–H and O–H groups in total. The Morgan fingerprint density at radius 2 is 1.86 bits per heavy atom. The Kier molecular flexibility index (Phi) is 3.25. The summed E-state index contributed by atoms with van der Waals surface area (Å²) in [6.45, 7) is 0. The number of para-hydroxylation sites is 1. The highest BCUT2D eigenvalue weighted by atomic mass is 16.1. The van der Waals surface area contributed by atoms with E-state index in [2.05, 4.69) is 10.7 Å². The summed E-state index contributed by atoms with van der Waals surface area (Å²) in [5.41, 5.74) is 11.3. The number of nitrogen functional groups attached to an aromatic ring is 1. The Morgan fingerprint density at radius 3 is 2.57 bits per heavy atom. The number of hydrogen-bond acceptors (Lipinski definition) is 3. The first kappa shape index (κ1) is 10.3. The van der Waals surface area contributed by atoms with Crippen LogP contribution in [-0.2, 0) is 0 Å². The number of nitrogens with one attached hydrogen (secondary N) is 1. The van der Waals surface area contributed by atoms with E-state index in [4.69, 9.17) is 5.73 Å². The van der Waals surface area contributed by atoms with Crippen molar-refractivity contribution < 1.29 is 0 Å². The lowest BCUT2D eigenvalue weighted by Gasteiger charge is -1.98. The summed E-state index contributed by atoms with van der Waals surface area (Å²) >= 11 is 0. The Hall–Kier alpha value is -1.81. The monoisotopic (exact) mass is 191 g/mol. The van der Waals surface area contributed by atoms with E-state index < -0.39 is 0 Å². The van der Waals surface area contributed by atoms with Gasteiger partial charge in [0.25, 0.3) is 0 Å². The zero-order valence-corrected chi connectivity index (χ0v) is 7.95. The van der Waals surface area contributed by atoms with Crippen molar-refractivity contribution in [3.8, 4) is 0 Å². The first-order chi connectivity index (χ1) is 6.77. The fourth-order valence-electron chi connectivity index (χ4n) is 1.23. The molecule has 0 atom stereocenters. The summed E-state index contributed by atoms with van der Waals surface area (Å²) in [4.78, 5) is 13.7. The lowest BCUT2D eigenvalue weighted by Crippen LogP contribution is -2.05. The predicted molar refractivity (Wildman–Crippen MR) is 59.1 cm³/mol. The van der Waals surface area contributed by atoms with Crippen LogP contribution in [0, 0.1) is 0 Å². The maximum absolute atomic E-state index is 11.0. The summed E-state index contributed by atoms with van der Waals surface area (Å²) < 4.78 is 0. The third-order valence-electron chi connectivity index (χ3n) is 1.78. The van der Waals surface area contributed by atoms with Crippen molar-refractivity contribution >= 4 is 16.6 Å². The number of H-pyrrole nitrogens is 1. The number of rotatable bonds is 0. The molecule has 14 heavy (non-hydrogen) atoms. The number of aromatic nitrogens is 1. The fourth-order valence-corrected chi connectivity index (χ4v) is 1.23. The second kappa shape index (κ2) is 4.43. The molecule has 74 valence electrons. The van der Waals surface area contributed by atoms with E-state index in [1.165, 1.54) is 13.1 Å². The molecule has 0 fully saturated rings. The molecule has 0 aliphatic carbocycles. The van der Waals surface area contributed by atoms with E-state index >= 15 is 0 Å². The molecule has 4 heteroatoms. The van der Waals surface area contributed by atoms with E-state index in [0.717, 1.165) is 10.9 Å². The Bertz CT molecular complexity index is 476.